The minimum atomic E-state index is -0.826. The van der Waals surface area contributed by atoms with Crippen LogP contribution in [0.15, 0.2) is 146 Å². The summed E-state index contributed by atoms with van der Waals surface area (Å²) in [6, 6.07) is 54.2. The Labute approximate surface area is 381 Å². The van der Waals surface area contributed by atoms with Gasteiger partial charge in [-0.15, -0.1) is 69.1 Å². The van der Waals surface area contributed by atoms with Crippen molar-refractivity contribution in [3.63, 3.8) is 0 Å². The number of hydrogen-bond acceptors (Lipinski definition) is 0. The van der Waals surface area contributed by atoms with Crippen molar-refractivity contribution in [1.82, 2.24) is 0 Å². The molecule has 0 nitrogen and oxygen atoms in total. The molecule has 8 aromatic carbocycles. The van der Waals surface area contributed by atoms with Crippen molar-refractivity contribution in [2.24, 2.45) is 10.8 Å². The first-order valence-corrected chi connectivity index (χ1v) is 30.6. The fourth-order valence-electron chi connectivity index (χ4n) is 10.5. The van der Waals surface area contributed by atoms with E-state index in [9.17, 15) is 0 Å². The molecule has 0 spiro atoms. The molecule has 60 heavy (non-hydrogen) atoms. The zero-order valence-electron chi connectivity index (χ0n) is 36.1. The summed E-state index contributed by atoms with van der Waals surface area (Å²) in [6.07, 6.45) is 16.4. The molecule has 2 aliphatic rings. The van der Waals surface area contributed by atoms with Gasteiger partial charge in [0, 0.05) is 9.52 Å². The Bertz CT molecular complexity index is 2410. The van der Waals surface area contributed by atoms with E-state index in [2.05, 4.69) is 173 Å². The van der Waals surface area contributed by atoms with E-state index in [4.69, 9.17) is 17.0 Å². The number of fused-ring (bicyclic) bond motifs is 4. The van der Waals surface area contributed by atoms with Gasteiger partial charge in [-0.25, -0.2) is 0 Å². The SMILES string of the molecule is CCCC1(Cc2cc3c(-c4cccc5ccccc45)cccc3[cH-]2)CCC1.CCCC1(Cc2cc3c(-c4cccc5ccccc45)cccc3[cH-]2)CCC1.C[Si]C.[Cl][Zr+2][Cl]. The van der Waals surface area contributed by atoms with E-state index in [1.54, 1.807) is 0 Å². The molecular formula is C56H60Cl2SiZr. The van der Waals surface area contributed by atoms with E-state index in [0.717, 1.165) is 9.52 Å². The van der Waals surface area contributed by atoms with Crippen molar-refractivity contribution >= 4 is 69.6 Å². The van der Waals surface area contributed by atoms with E-state index < -0.39 is 20.8 Å². The first-order chi connectivity index (χ1) is 29.4. The second-order valence-electron chi connectivity index (χ2n) is 17.5. The van der Waals surface area contributed by atoms with E-state index in [1.165, 1.54) is 154 Å². The van der Waals surface area contributed by atoms with Gasteiger partial charge in [-0.2, -0.15) is 12.1 Å². The van der Waals surface area contributed by atoms with Crippen molar-refractivity contribution < 1.29 is 20.8 Å². The van der Waals surface area contributed by atoms with Gasteiger partial charge in [0.2, 0.25) is 0 Å². The third kappa shape index (κ3) is 10.2. The predicted molar refractivity (Wildman–Crippen MR) is 264 cm³/mol. The third-order valence-electron chi connectivity index (χ3n) is 13.3. The van der Waals surface area contributed by atoms with Gasteiger partial charge in [0.25, 0.3) is 0 Å². The van der Waals surface area contributed by atoms with Gasteiger partial charge in [0.05, 0.1) is 0 Å². The van der Waals surface area contributed by atoms with Gasteiger partial charge in [-0.3, -0.25) is 0 Å². The molecule has 2 fully saturated rings. The molecule has 10 rings (SSSR count). The maximum absolute atomic E-state index is 4.93. The maximum atomic E-state index is 4.93. The standard InChI is InChI=1S/2C27H27.C2H6Si.2ClH.Zr/c2*1-2-14-27(15-7-16-27)19-20-17-22-10-6-13-25(26(22)18-20)24-12-5-9-21-8-3-4-11-23(21)24;1-3-2;;;/h2*3-6,8-13,17-18H,2,7,14-16,19H2,1H3;1-2H3;2*1H;/q2*-1;;;;+4/p-2. The van der Waals surface area contributed by atoms with Crippen molar-refractivity contribution in [3.05, 3.63) is 157 Å². The third-order valence-corrected chi connectivity index (χ3v) is 13.3. The summed E-state index contributed by atoms with van der Waals surface area (Å²) in [5.41, 5.74) is 9.67. The van der Waals surface area contributed by atoms with Crippen LogP contribution >= 0.6 is 17.0 Å². The second kappa shape index (κ2) is 21.2. The van der Waals surface area contributed by atoms with Gasteiger partial charge >= 0.3 is 37.9 Å². The summed E-state index contributed by atoms with van der Waals surface area (Å²) in [5, 5.41) is 10.9. The van der Waals surface area contributed by atoms with Crippen LogP contribution in [0.25, 0.3) is 65.3 Å². The summed E-state index contributed by atoms with van der Waals surface area (Å²) < 4.78 is 0. The van der Waals surface area contributed by atoms with Crippen molar-refractivity contribution in [3.8, 4) is 22.3 Å². The van der Waals surface area contributed by atoms with Crippen molar-refractivity contribution in [1.29, 1.82) is 0 Å². The predicted octanol–water partition coefficient (Wildman–Crippen LogP) is 17.9. The van der Waals surface area contributed by atoms with E-state index in [-0.39, 0.29) is 0 Å². The molecule has 0 amide bonds. The van der Waals surface area contributed by atoms with Crippen molar-refractivity contribution in [2.45, 2.75) is 104 Å². The molecule has 0 unspecified atom stereocenters. The van der Waals surface area contributed by atoms with Gasteiger partial charge in [0.1, 0.15) is 0 Å². The molecule has 0 bridgehead atoms. The quantitative estimate of drug-likeness (QED) is 0.0947. The van der Waals surface area contributed by atoms with Crippen LogP contribution in [0.4, 0.5) is 0 Å². The molecule has 0 heterocycles. The molecular weight excluding hydrogens is 863 g/mol. The topological polar surface area (TPSA) is 0 Å². The zero-order chi connectivity index (χ0) is 42.0. The first kappa shape index (κ1) is 44.8. The molecule has 0 saturated heterocycles. The van der Waals surface area contributed by atoms with Crippen LogP contribution in [0.3, 0.4) is 0 Å². The van der Waals surface area contributed by atoms with Crippen LogP contribution in [-0.4, -0.2) is 9.52 Å². The number of benzene rings is 6. The summed E-state index contributed by atoms with van der Waals surface area (Å²) in [4.78, 5) is 0. The van der Waals surface area contributed by atoms with Crippen molar-refractivity contribution in [2.75, 3.05) is 0 Å². The molecule has 0 N–H and O–H groups in total. The van der Waals surface area contributed by atoms with E-state index in [0.29, 0.717) is 10.8 Å². The Balaban J connectivity index is 0.000000161. The number of halogens is 2. The molecule has 8 aromatic rings. The summed E-state index contributed by atoms with van der Waals surface area (Å²) in [7, 11) is 11.0. The normalized spacial score (nSPS) is 14.8. The molecule has 2 aliphatic carbocycles. The molecule has 0 aliphatic heterocycles. The monoisotopic (exact) mass is 920 g/mol. The average Bonchev–Trinajstić information content (AvgIpc) is 3.86. The Kier molecular flexibility index (Phi) is 15.8. The zero-order valence-corrected chi connectivity index (χ0v) is 41.1. The van der Waals surface area contributed by atoms with Gasteiger partial charge in [-0.1, -0.05) is 161 Å². The molecule has 306 valence electrons. The summed E-state index contributed by atoms with van der Waals surface area (Å²) in [6.45, 7) is 8.97. The van der Waals surface area contributed by atoms with E-state index in [1.807, 2.05) is 0 Å². The van der Waals surface area contributed by atoms with Crippen LogP contribution in [0.2, 0.25) is 13.1 Å². The summed E-state index contributed by atoms with van der Waals surface area (Å²) in [5.74, 6) is 0. The molecule has 0 atom stereocenters. The fraction of sp³-hybridized carbons (Fsp3) is 0.321. The second-order valence-corrected chi connectivity index (χ2v) is 22.3. The number of rotatable bonds is 10. The van der Waals surface area contributed by atoms with E-state index >= 15 is 0 Å². The van der Waals surface area contributed by atoms with Crippen LogP contribution in [0.1, 0.15) is 89.2 Å². The summed E-state index contributed by atoms with van der Waals surface area (Å²) >= 11 is -0.826. The Morgan fingerprint density at radius 2 is 0.833 bits per heavy atom. The average molecular weight is 923 g/mol. The minimum absolute atomic E-state index is 0.582. The molecule has 4 heteroatoms. The van der Waals surface area contributed by atoms with Crippen LogP contribution in [0, 0.1) is 10.8 Å². The first-order valence-electron chi connectivity index (χ1n) is 22.3. The van der Waals surface area contributed by atoms with Crippen LogP contribution in [0.5, 0.6) is 0 Å². The molecule has 2 saturated carbocycles. The van der Waals surface area contributed by atoms with Gasteiger partial charge in [0.15, 0.2) is 0 Å². The molecule has 2 radical (unpaired) electrons. The number of hydrogen-bond donors (Lipinski definition) is 0. The fourth-order valence-corrected chi connectivity index (χ4v) is 10.5. The Morgan fingerprint density at radius 3 is 1.18 bits per heavy atom. The Hall–Kier alpha value is -3.26. The van der Waals surface area contributed by atoms with Crippen LogP contribution < -0.4 is 0 Å². The molecule has 0 aromatic heterocycles. The van der Waals surface area contributed by atoms with Gasteiger partial charge < -0.3 is 0 Å². The van der Waals surface area contributed by atoms with Gasteiger partial charge in [-0.05, 0) is 94.9 Å². The van der Waals surface area contributed by atoms with Crippen LogP contribution in [-0.2, 0) is 33.7 Å². The Morgan fingerprint density at radius 1 is 0.500 bits per heavy atom.